The predicted octanol–water partition coefficient (Wildman–Crippen LogP) is 3.73. The quantitative estimate of drug-likeness (QED) is 0.820. The van der Waals surface area contributed by atoms with E-state index in [1.54, 1.807) is 6.26 Å². The average Bonchev–Trinajstić information content (AvgIpc) is 2.97. The first-order chi connectivity index (χ1) is 9.31. The Morgan fingerprint density at radius 1 is 1.05 bits per heavy atom. The molecule has 0 amide bonds. The maximum absolute atomic E-state index is 5.29. The summed E-state index contributed by atoms with van der Waals surface area (Å²) in [6.45, 7) is 8.32. The van der Waals surface area contributed by atoms with Gasteiger partial charge in [-0.3, -0.25) is 4.90 Å². The molecule has 3 heteroatoms. The smallest absolute Gasteiger partial charge is 0.122 e. The highest BCUT2D eigenvalue weighted by Gasteiger charge is 2.01. The highest BCUT2D eigenvalue weighted by Crippen LogP contribution is 2.13. The van der Waals surface area contributed by atoms with Gasteiger partial charge in [0, 0.05) is 12.2 Å². The van der Waals surface area contributed by atoms with Crippen LogP contribution in [0.2, 0.25) is 0 Å². The number of nitrogens with zero attached hydrogens (tertiary/aromatic N) is 1. The highest BCUT2D eigenvalue weighted by atomic mass is 16.3. The van der Waals surface area contributed by atoms with E-state index in [1.807, 2.05) is 12.1 Å². The summed E-state index contributed by atoms with van der Waals surface area (Å²) < 4.78 is 5.29. The van der Waals surface area contributed by atoms with Crippen LogP contribution >= 0.6 is 0 Å². The van der Waals surface area contributed by atoms with Gasteiger partial charge in [0.15, 0.2) is 0 Å². The van der Waals surface area contributed by atoms with Crippen molar-refractivity contribution in [3.63, 3.8) is 0 Å². The minimum Gasteiger partial charge on any atom is -0.467 e. The molecule has 0 spiro atoms. The lowest BCUT2D eigenvalue weighted by molar-refractivity contribution is 0.296. The van der Waals surface area contributed by atoms with Gasteiger partial charge in [-0.1, -0.05) is 26.0 Å². The fourth-order valence-electron chi connectivity index (χ4n) is 2.04. The number of hydrogen-bond donors (Lipinski definition) is 1. The molecule has 0 unspecified atom stereocenters. The van der Waals surface area contributed by atoms with Crippen LogP contribution in [0, 0.1) is 0 Å². The number of rotatable bonds is 7. The molecule has 0 bridgehead atoms. The maximum Gasteiger partial charge on any atom is 0.122 e. The third-order valence-corrected chi connectivity index (χ3v) is 3.30. The fourth-order valence-corrected chi connectivity index (χ4v) is 2.04. The second kappa shape index (κ2) is 7.00. The molecule has 2 rings (SSSR count). The van der Waals surface area contributed by atoms with Crippen LogP contribution in [0.5, 0.6) is 0 Å². The Morgan fingerprint density at radius 3 is 2.37 bits per heavy atom. The molecule has 3 nitrogen and oxygen atoms in total. The topological polar surface area (TPSA) is 28.4 Å². The van der Waals surface area contributed by atoms with Crippen LogP contribution in [0.25, 0.3) is 0 Å². The summed E-state index contributed by atoms with van der Waals surface area (Å²) in [5.41, 5.74) is 2.48. The van der Waals surface area contributed by atoms with E-state index >= 15 is 0 Å². The van der Waals surface area contributed by atoms with E-state index in [9.17, 15) is 0 Å². The molecule has 1 aromatic carbocycles. The van der Waals surface area contributed by atoms with Crippen LogP contribution in [0.15, 0.2) is 47.1 Å². The number of anilines is 1. The lowest BCUT2D eigenvalue weighted by Crippen LogP contribution is -2.21. The molecule has 102 valence electrons. The van der Waals surface area contributed by atoms with Crippen LogP contribution in [-0.4, -0.2) is 18.0 Å². The number of hydrogen-bond acceptors (Lipinski definition) is 3. The lowest BCUT2D eigenvalue weighted by atomic mass is 10.2. The molecular weight excluding hydrogens is 236 g/mol. The largest absolute Gasteiger partial charge is 0.467 e. The van der Waals surface area contributed by atoms with Gasteiger partial charge < -0.3 is 9.73 Å². The number of nitrogens with one attached hydrogen (secondary N) is 1. The summed E-state index contributed by atoms with van der Waals surface area (Å²) in [4.78, 5) is 2.41. The van der Waals surface area contributed by atoms with Crippen molar-refractivity contribution >= 4 is 5.69 Å². The molecule has 0 radical (unpaired) electrons. The summed E-state index contributed by atoms with van der Waals surface area (Å²) in [5, 5.41) is 3.35. The molecule has 1 aromatic heterocycles. The second-order valence-corrected chi connectivity index (χ2v) is 4.59. The van der Waals surface area contributed by atoms with E-state index in [-0.39, 0.29) is 0 Å². The van der Waals surface area contributed by atoms with E-state index in [4.69, 9.17) is 4.42 Å². The van der Waals surface area contributed by atoms with Crippen LogP contribution in [-0.2, 0) is 13.1 Å². The highest BCUT2D eigenvalue weighted by molar-refractivity contribution is 5.44. The Bertz CT molecular complexity index is 458. The molecule has 0 atom stereocenters. The predicted molar refractivity (Wildman–Crippen MR) is 79.1 cm³/mol. The minimum atomic E-state index is 0.725. The Morgan fingerprint density at radius 2 is 1.79 bits per heavy atom. The summed E-state index contributed by atoms with van der Waals surface area (Å²) in [7, 11) is 0. The van der Waals surface area contributed by atoms with Crippen molar-refractivity contribution in [2.24, 2.45) is 0 Å². The molecule has 0 aliphatic carbocycles. The van der Waals surface area contributed by atoms with Crippen molar-refractivity contribution in [1.82, 2.24) is 4.90 Å². The van der Waals surface area contributed by atoms with Crippen molar-refractivity contribution < 1.29 is 4.42 Å². The van der Waals surface area contributed by atoms with Gasteiger partial charge >= 0.3 is 0 Å². The first kappa shape index (κ1) is 13.7. The van der Waals surface area contributed by atoms with Gasteiger partial charge in [-0.25, -0.2) is 0 Å². The molecule has 0 aliphatic heterocycles. The zero-order chi connectivity index (χ0) is 13.5. The lowest BCUT2D eigenvalue weighted by Gasteiger charge is -2.18. The van der Waals surface area contributed by atoms with Crippen LogP contribution < -0.4 is 5.32 Å². The van der Waals surface area contributed by atoms with Gasteiger partial charge in [0.25, 0.3) is 0 Å². The number of benzene rings is 1. The van der Waals surface area contributed by atoms with Crippen LogP contribution in [0.4, 0.5) is 5.69 Å². The maximum atomic E-state index is 5.29. The monoisotopic (exact) mass is 258 g/mol. The Balaban J connectivity index is 1.87. The Labute approximate surface area is 115 Å². The van der Waals surface area contributed by atoms with Crippen LogP contribution in [0.3, 0.4) is 0 Å². The molecule has 1 N–H and O–H groups in total. The van der Waals surface area contributed by atoms with Gasteiger partial charge in [-0.15, -0.1) is 0 Å². The number of furan rings is 1. The molecule has 0 saturated heterocycles. The van der Waals surface area contributed by atoms with Crippen molar-refractivity contribution in [3.05, 3.63) is 54.0 Å². The third-order valence-electron chi connectivity index (χ3n) is 3.30. The zero-order valence-corrected chi connectivity index (χ0v) is 11.7. The summed E-state index contributed by atoms with van der Waals surface area (Å²) in [6.07, 6.45) is 1.70. The van der Waals surface area contributed by atoms with E-state index in [0.717, 1.165) is 37.6 Å². The van der Waals surface area contributed by atoms with Gasteiger partial charge in [0.1, 0.15) is 5.76 Å². The minimum absolute atomic E-state index is 0.725. The fraction of sp³-hybridized carbons (Fsp3) is 0.375. The normalized spacial score (nSPS) is 10.9. The van der Waals surface area contributed by atoms with Crippen molar-refractivity contribution in [3.8, 4) is 0 Å². The van der Waals surface area contributed by atoms with E-state index in [1.165, 1.54) is 5.56 Å². The standard InChI is InChI=1S/C16H22N2O/c1-3-18(4-2)13-14-7-9-15(10-8-14)17-12-16-6-5-11-19-16/h5-11,17H,3-4,12-13H2,1-2H3. The second-order valence-electron chi connectivity index (χ2n) is 4.59. The molecule has 0 saturated carbocycles. The Hall–Kier alpha value is -1.74. The van der Waals surface area contributed by atoms with Gasteiger partial charge in [-0.2, -0.15) is 0 Å². The molecule has 19 heavy (non-hydrogen) atoms. The average molecular weight is 258 g/mol. The first-order valence-electron chi connectivity index (χ1n) is 6.89. The Kier molecular flexibility index (Phi) is 5.04. The molecule has 2 aromatic rings. The molecule has 0 fully saturated rings. The molecule has 1 heterocycles. The van der Waals surface area contributed by atoms with Gasteiger partial charge in [-0.05, 0) is 42.9 Å². The SMILES string of the molecule is CCN(CC)Cc1ccc(NCc2ccco2)cc1. The van der Waals surface area contributed by atoms with Gasteiger partial charge in [0.2, 0.25) is 0 Å². The third kappa shape index (κ3) is 4.14. The van der Waals surface area contributed by atoms with E-state index in [2.05, 4.69) is 48.3 Å². The van der Waals surface area contributed by atoms with Crippen LogP contribution in [0.1, 0.15) is 25.2 Å². The summed E-state index contributed by atoms with van der Waals surface area (Å²) >= 11 is 0. The van der Waals surface area contributed by atoms with Gasteiger partial charge in [0.05, 0.1) is 12.8 Å². The summed E-state index contributed by atoms with van der Waals surface area (Å²) in [5.74, 6) is 0.951. The molecule has 0 aliphatic rings. The van der Waals surface area contributed by atoms with E-state index < -0.39 is 0 Å². The zero-order valence-electron chi connectivity index (χ0n) is 11.7. The van der Waals surface area contributed by atoms with E-state index in [0.29, 0.717) is 0 Å². The van der Waals surface area contributed by atoms with Crippen molar-refractivity contribution in [1.29, 1.82) is 0 Å². The molecular formula is C16H22N2O. The van der Waals surface area contributed by atoms with Crippen molar-refractivity contribution in [2.45, 2.75) is 26.9 Å². The van der Waals surface area contributed by atoms with Crippen molar-refractivity contribution in [2.75, 3.05) is 18.4 Å². The first-order valence-corrected chi connectivity index (χ1v) is 6.89. The summed E-state index contributed by atoms with van der Waals surface area (Å²) in [6, 6.07) is 12.5.